The molecule has 1 aromatic rings. The quantitative estimate of drug-likeness (QED) is 0.740. The van der Waals surface area contributed by atoms with E-state index in [0.717, 1.165) is 18.7 Å². The van der Waals surface area contributed by atoms with Gasteiger partial charge in [-0.05, 0) is 31.8 Å². The number of anilines is 1. The van der Waals surface area contributed by atoms with Crippen LogP contribution < -0.4 is 10.6 Å². The molecule has 2 amide bonds. The number of benzene rings is 1. The number of amides is 2. The second-order valence-corrected chi connectivity index (χ2v) is 4.28. The molecule has 1 aromatic carbocycles. The molecule has 0 aromatic heterocycles. The molecule has 0 saturated carbocycles. The Labute approximate surface area is 116 Å². The zero-order chi connectivity index (χ0) is 15.1. The van der Waals surface area contributed by atoms with E-state index in [2.05, 4.69) is 10.6 Å². The van der Waals surface area contributed by atoms with Crippen molar-refractivity contribution in [2.75, 3.05) is 32.0 Å². The predicted octanol–water partition coefficient (Wildman–Crippen LogP) is 1.60. The number of rotatable bonds is 6. The normalized spacial score (nSPS) is 10.4. The van der Waals surface area contributed by atoms with E-state index in [1.165, 1.54) is 6.07 Å². The Morgan fingerprint density at radius 2 is 2.10 bits per heavy atom. The van der Waals surface area contributed by atoms with Gasteiger partial charge in [-0.25, -0.2) is 14.0 Å². The van der Waals surface area contributed by atoms with Crippen LogP contribution in [0.5, 0.6) is 0 Å². The fourth-order valence-corrected chi connectivity index (χ4v) is 1.46. The number of hydrogen-bond donors (Lipinski definition) is 3. The van der Waals surface area contributed by atoms with Crippen molar-refractivity contribution in [1.29, 1.82) is 0 Å². The zero-order valence-corrected chi connectivity index (χ0v) is 11.4. The number of carbonyl (C=O) groups is 2. The van der Waals surface area contributed by atoms with Crippen LogP contribution >= 0.6 is 0 Å². The molecule has 6 nitrogen and oxygen atoms in total. The van der Waals surface area contributed by atoms with Gasteiger partial charge in [0.15, 0.2) is 0 Å². The number of hydrogen-bond acceptors (Lipinski definition) is 3. The van der Waals surface area contributed by atoms with Crippen molar-refractivity contribution in [3.8, 4) is 0 Å². The van der Waals surface area contributed by atoms with E-state index in [-0.39, 0.29) is 5.69 Å². The first-order chi connectivity index (χ1) is 9.43. The van der Waals surface area contributed by atoms with Gasteiger partial charge in [0.25, 0.3) is 0 Å². The fourth-order valence-electron chi connectivity index (χ4n) is 1.46. The summed E-state index contributed by atoms with van der Waals surface area (Å²) >= 11 is 0. The smallest absolute Gasteiger partial charge is 0.338 e. The summed E-state index contributed by atoms with van der Waals surface area (Å²) in [5.41, 5.74) is -0.251. The Bertz CT molecular complexity index is 494. The highest BCUT2D eigenvalue weighted by atomic mass is 19.1. The van der Waals surface area contributed by atoms with Gasteiger partial charge in [0, 0.05) is 18.8 Å². The zero-order valence-electron chi connectivity index (χ0n) is 11.4. The molecule has 0 aliphatic rings. The average Bonchev–Trinajstić information content (AvgIpc) is 2.40. The molecule has 3 N–H and O–H groups in total. The first kappa shape index (κ1) is 15.9. The van der Waals surface area contributed by atoms with E-state index in [9.17, 15) is 14.0 Å². The lowest BCUT2D eigenvalue weighted by atomic mass is 10.2. The summed E-state index contributed by atoms with van der Waals surface area (Å²) in [6, 6.07) is 2.93. The lowest BCUT2D eigenvalue weighted by Gasteiger charge is -2.14. The number of likely N-dealkylation sites (N-methyl/N-ethyl adjacent to an activating group) is 1. The van der Waals surface area contributed by atoms with Crippen molar-refractivity contribution in [3.05, 3.63) is 29.6 Å². The second-order valence-electron chi connectivity index (χ2n) is 4.28. The van der Waals surface area contributed by atoms with Crippen LogP contribution in [0.25, 0.3) is 0 Å². The molecule has 0 aliphatic carbocycles. The minimum atomic E-state index is -1.38. The van der Waals surface area contributed by atoms with Crippen LogP contribution in [0.1, 0.15) is 17.3 Å². The molecule has 0 unspecified atom stereocenters. The van der Waals surface area contributed by atoms with Gasteiger partial charge in [-0.1, -0.05) is 6.92 Å². The lowest BCUT2D eigenvalue weighted by Crippen LogP contribution is -2.35. The Hall–Kier alpha value is -2.15. The third-order valence-electron chi connectivity index (χ3n) is 2.77. The summed E-state index contributed by atoms with van der Waals surface area (Å²) in [5, 5.41) is 13.9. The van der Waals surface area contributed by atoms with Crippen molar-refractivity contribution in [3.63, 3.8) is 0 Å². The molecule has 20 heavy (non-hydrogen) atoms. The van der Waals surface area contributed by atoms with Gasteiger partial charge in [0.05, 0.1) is 5.56 Å². The fraction of sp³-hybridized carbons (Fsp3) is 0.385. The third-order valence-corrected chi connectivity index (χ3v) is 2.77. The lowest BCUT2D eigenvalue weighted by molar-refractivity contribution is 0.0692. The largest absolute Gasteiger partial charge is 0.478 e. The molecular weight excluding hydrogens is 265 g/mol. The number of nitrogens with one attached hydrogen (secondary N) is 2. The van der Waals surface area contributed by atoms with Gasteiger partial charge in [0.1, 0.15) is 5.82 Å². The van der Waals surface area contributed by atoms with Crippen LogP contribution in [-0.4, -0.2) is 48.7 Å². The van der Waals surface area contributed by atoms with Gasteiger partial charge < -0.3 is 20.6 Å². The molecule has 0 bridgehead atoms. The van der Waals surface area contributed by atoms with Crippen LogP contribution in [0.2, 0.25) is 0 Å². The summed E-state index contributed by atoms with van der Waals surface area (Å²) in [6.45, 7) is 4.05. The van der Waals surface area contributed by atoms with E-state index < -0.39 is 23.4 Å². The maximum Gasteiger partial charge on any atom is 0.338 e. The number of urea groups is 1. The van der Waals surface area contributed by atoms with Crippen LogP contribution in [0.4, 0.5) is 14.9 Å². The van der Waals surface area contributed by atoms with Gasteiger partial charge in [0.2, 0.25) is 0 Å². The maximum absolute atomic E-state index is 13.2. The topological polar surface area (TPSA) is 81.7 Å². The standard InChI is InChI=1S/C13H18FN3O3/c1-3-17(2)7-6-15-13(20)16-9-4-5-11(14)10(8-9)12(18)19/h4-5,8H,3,6-7H2,1-2H3,(H,18,19)(H2,15,16,20). The van der Waals surface area contributed by atoms with Crippen LogP contribution in [0.3, 0.4) is 0 Å². The number of carboxylic acid groups (broad SMARTS) is 1. The number of carbonyl (C=O) groups excluding carboxylic acids is 1. The van der Waals surface area contributed by atoms with Crippen LogP contribution in [0.15, 0.2) is 18.2 Å². The average molecular weight is 283 g/mol. The molecule has 7 heteroatoms. The molecule has 0 radical (unpaired) electrons. The monoisotopic (exact) mass is 283 g/mol. The van der Waals surface area contributed by atoms with E-state index in [1.807, 2.05) is 18.9 Å². The summed E-state index contributed by atoms with van der Waals surface area (Å²) in [7, 11) is 1.93. The molecule has 0 atom stereocenters. The number of aromatic carboxylic acids is 1. The minimum absolute atomic E-state index is 0.227. The minimum Gasteiger partial charge on any atom is -0.478 e. The summed E-state index contributed by atoms with van der Waals surface area (Å²) in [5.74, 6) is -2.22. The van der Waals surface area contributed by atoms with Gasteiger partial charge in [-0.15, -0.1) is 0 Å². The highest BCUT2D eigenvalue weighted by Gasteiger charge is 2.11. The Morgan fingerprint density at radius 1 is 1.40 bits per heavy atom. The summed E-state index contributed by atoms with van der Waals surface area (Å²) < 4.78 is 13.2. The molecule has 0 fully saturated rings. The van der Waals surface area contributed by atoms with Crippen molar-refractivity contribution in [2.45, 2.75) is 6.92 Å². The van der Waals surface area contributed by atoms with E-state index >= 15 is 0 Å². The molecule has 0 saturated heterocycles. The van der Waals surface area contributed by atoms with E-state index in [0.29, 0.717) is 13.1 Å². The highest BCUT2D eigenvalue weighted by molar-refractivity contribution is 5.93. The summed E-state index contributed by atoms with van der Waals surface area (Å²) in [4.78, 5) is 24.4. The van der Waals surface area contributed by atoms with Gasteiger partial charge in [-0.2, -0.15) is 0 Å². The Kier molecular flexibility index (Phi) is 5.92. The van der Waals surface area contributed by atoms with Gasteiger partial charge in [-0.3, -0.25) is 0 Å². The Balaban J connectivity index is 2.54. The second kappa shape index (κ2) is 7.44. The van der Waals surface area contributed by atoms with Crippen LogP contribution in [0, 0.1) is 5.82 Å². The third kappa shape index (κ3) is 4.85. The van der Waals surface area contributed by atoms with Crippen molar-refractivity contribution in [2.24, 2.45) is 0 Å². The summed E-state index contributed by atoms with van der Waals surface area (Å²) in [6.07, 6.45) is 0. The molecule has 0 heterocycles. The van der Waals surface area contributed by atoms with E-state index in [4.69, 9.17) is 5.11 Å². The highest BCUT2D eigenvalue weighted by Crippen LogP contribution is 2.14. The molecule has 1 rings (SSSR count). The van der Waals surface area contributed by atoms with Crippen LogP contribution in [-0.2, 0) is 0 Å². The maximum atomic E-state index is 13.2. The van der Waals surface area contributed by atoms with Crippen molar-refractivity contribution in [1.82, 2.24) is 10.2 Å². The molecule has 0 aliphatic heterocycles. The SMILES string of the molecule is CCN(C)CCNC(=O)Nc1ccc(F)c(C(=O)O)c1. The number of halogens is 1. The first-order valence-corrected chi connectivity index (χ1v) is 6.20. The van der Waals surface area contributed by atoms with Crippen molar-refractivity contribution >= 4 is 17.7 Å². The first-order valence-electron chi connectivity index (χ1n) is 6.20. The molecule has 0 spiro atoms. The number of nitrogens with zero attached hydrogens (tertiary/aromatic N) is 1. The molecule has 110 valence electrons. The molecular formula is C13H18FN3O3. The van der Waals surface area contributed by atoms with E-state index in [1.54, 1.807) is 0 Å². The predicted molar refractivity (Wildman–Crippen MR) is 73.6 cm³/mol. The number of carboxylic acids is 1. The van der Waals surface area contributed by atoms with Crippen molar-refractivity contribution < 1.29 is 19.1 Å². The Morgan fingerprint density at radius 3 is 2.70 bits per heavy atom. The van der Waals surface area contributed by atoms with Gasteiger partial charge >= 0.3 is 12.0 Å².